The summed E-state index contributed by atoms with van der Waals surface area (Å²) in [4.78, 5) is 29.1. The van der Waals surface area contributed by atoms with Crippen molar-refractivity contribution in [2.24, 2.45) is 5.41 Å². The van der Waals surface area contributed by atoms with Crippen LogP contribution in [0.15, 0.2) is 48.7 Å². The van der Waals surface area contributed by atoms with E-state index < -0.39 is 35.1 Å². The van der Waals surface area contributed by atoms with Crippen molar-refractivity contribution in [3.05, 3.63) is 70.5 Å². The molecule has 0 aliphatic carbocycles. The lowest BCUT2D eigenvalue weighted by atomic mass is 9.81. The molecule has 1 atom stereocenters. The Kier molecular flexibility index (Phi) is 7.59. The zero-order valence-electron chi connectivity index (χ0n) is 19.2. The second-order valence-electron chi connectivity index (χ2n) is 8.74. The van der Waals surface area contributed by atoms with Gasteiger partial charge in [0.15, 0.2) is 0 Å². The van der Waals surface area contributed by atoms with Crippen LogP contribution in [-0.4, -0.2) is 28.0 Å². The van der Waals surface area contributed by atoms with Crippen molar-refractivity contribution in [2.45, 2.75) is 46.0 Å². The van der Waals surface area contributed by atoms with Crippen molar-refractivity contribution in [3.8, 4) is 5.75 Å². The number of pyridine rings is 1. The van der Waals surface area contributed by atoms with Crippen LogP contribution in [0.3, 0.4) is 0 Å². The van der Waals surface area contributed by atoms with Crippen LogP contribution in [-0.2, 0) is 17.6 Å². The van der Waals surface area contributed by atoms with E-state index in [-0.39, 0.29) is 23.1 Å². The van der Waals surface area contributed by atoms with Gasteiger partial charge in [-0.2, -0.15) is 13.2 Å². The van der Waals surface area contributed by atoms with E-state index in [0.717, 1.165) is 12.1 Å². The Hall–Kier alpha value is -3.33. The maximum Gasteiger partial charge on any atom is 0.416 e. The molecule has 0 radical (unpaired) electrons. The Morgan fingerprint density at radius 1 is 1.14 bits per heavy atom. The SMILES string of the molecule is CCC(C)(C)C(NC(=O)c1ccc2cnc(Cl)cc2c1OCc1ccc(C(F)(F)F)cc1)C(=O)O. The Morgan fingerprint density at radius 3 is 2.37 bits per heavy atom. The molecule has 0 bridgehead atoms. The number of carbonyl (C=O) groups is 2. The van der Waals surface area contributed by atoms with Crippen LogP contribution in [0, 0.1) is 5.41 Å². The highest BCUT2D eigenvalue weighted by molar-refractivity contribution is 6.30. The predicted octanol–water partition coefficient (Wildman–Crippen LogP) is 6.11. The molecule has 35 heavy (non-hydrogen) atoms. The smallest absolute Gasteiger partial charge is 0.416 e. The summed E-state index contributed by atoms with van der Waals surface area (Å²) < 4.78 is 44.5. The second kappa shape index (κ2) is 10.1. The molecule has 10 heteroatoms. The molecule has 6 nitrogen and oxygen atoms in total. The number of aromatic nitrogens is 1. The third kappa shape index (κ3) is 6.03. The van der Waals surface area contributed by atoms with Gasteiger partial charge < -0.3 is 15.2 Å². The standard InChI is InChI=1S/C25H24ClF3N2O4/c1-4-24(2,3)21(23(33)34)31-22(32)17-10-7-15-12-30-19(26)11-18(15)20(17)35-13-14-5-8-16(9-6-14)25(27,28)29/h5-12,21H,4,13H2,1-3H3,(H,31,32)(H,33,34). The van der Waals surface area contributed by atoms with E-state index in [0.29, 0.717) is 22.8 Å². The number of hydrogen-bond acceptors (Lipinski definition) is 4. The molecule has 3 aromatic rings. The van der Waals surface area contributed by atoms with Gasteiger partial charge in [-0.15, -0.1) is 0 Å². The molecule has 0 saturated carbocycles. The number of carboxylic acids is 1. The summed E-state index contributed by atoms with van der Waals surface area (Å²) in [5.41, 5.74) is -1.02. The fraction of sp³-hybridized carbons (Fsp3) is 0.320. The highest BCUT2D eigenvalue weighted by Crippen LogP contribution is 2.34. The molecule has 1 unspecified atom stereocenters. The number of benzene rings is 2. The van der Waals surface area contributed by atoms with Crippen molar-refractivity contribution >= 4 is 34.2 Å². The number of nitrogens with zero attached hydrogens (tertiary/aromatic N) is 1. The number of rotatable bonds is 8. The fourth-order valence-electron chi connectivity index (χ4n) is 3.45. The summed E-state index contributed by atoms with van der Waals surface area (Å²) in [5, 5.41) is 13.5. The molecule has 0 fully saturated rings. The average Bonchev–Trinajstić information content (AvgIpc) is 2.80. The molecular weight excluding hydrogens is 485 g/mol. The Morgan fingerprint density at radius 2 is 1.80 bits per heavy atom. The zero-order valence-corrected chi connectivity index (χ0v) is 20.0. The van der Waals surface area contributed by atoms with E-state index in [4.69, 9.17) is 16.3 Å². The van der Waals surface area contributed by atoms with E-state index in [2.05, 4.69) is 10.3 Å². The molecule has 0 aliphatic rings. The Labute approximate surface area is 205 Å². The maximum atomic E-state index is 13.2. The summed E-state index contributed by atoms with van der Waals surface area (Å²) in [7, 11) is 0. The van der Waals surface area contributed by atoms with Gasteiger partial charge in [0.1, 0.15) is 23.6 Å². The summed E-state index contributed by atoms with van der Waals surface area (Å²) in [6.07, 6.45) is -2.47. The quantitative estimate of drug-likeness (QED) is 0.359. The first-order valence-corrected chi connectivity index (χ1v) is 11.1. The van der Waals surface area contributed by atoms with Gasteiger partial charge >= 0.3 is 12.1 Å². The molecule has 0 aliphatic heterocycles. The number of nitrogens with one attached hydrogen (secondary N) is 1. The van der Waals surface area contributed by atoms with Crippen LogP contribution in [0.25, 0.3) is 10.8 Å². The minimum absolute atomic E-state index is 0.0600. The highest BCUT2D eigenvalue weighted by Gasteiger charge is 2.36. The molecule has 1 amide bonds. The van der Waals surface area contributed by atoms with Gasteiger partial charge in [0.05, 0.1) is 11.1 Å². The van der Waals surface area contributed by atoms with E-state index in [1.807, 2.05) is 6.92 Å². The van der Waals surface area contributed by atoms with Crippen molar-refractivity contribution in [3.63, 3.8) is 0 Å². The van der Waals surface area contributed by atoms with Crippen LogP contribution >= 0.6 is 11.6 Å². The monoisotopic (exact) mass is 508 g/mol. The molecular formula is C25H24ClF3N2O4. The normalized spacial score (nSPS) is 12.9. The first kappa shape index (κ1) is 26.3. The number of fused-ring (bicyclic) bond motifs is 1. The van der Waals surface area contributed by atoms with Crippen molar-refractivity contribution in [2.75, 3.05) is 0 Å². The molecule has 3 rings (SSSR count). The lowest BCUT2D eigenvalue weighted by molar-refractivity contribution is -0.142. The van der Waals surface area contributed by atoms with E-state index >= 15 is 0 Å². The van der Waals surface area contributed by atoms with Crippen molar-refractivity contribution < 1.29 is 32.6 Å². The van der Waals surface area contributed by atoms with Gasteiger partial charge in [0, 0.05) is 17.0 Å². The molecule has 1 aromatic heterocycles. The summed E-state index contributed by atoms with van der Waals surface area (Å²) in [5.74, 6) is -1.73. The third-order valence-electron chi connectivity index (χ3n) is 5.94. The van der Waals surface area contributed by atoms with Crippen molar-refractivity contribution in [1.82, 2.24) is 10.3 Å². The summed E-state index contributed by atoms with van der Waals surface area (Å²) in [6.45, 7) is 5.16. The first-order chi connectivity index (χ1) is 16.3. The van der Waals surface area contributed by atoms with Gasteiger partial charge in [-0.1, -0.05) is 50.6 Å². The number of ether oxygens (including phenoxy) is 1. The van der Waals surface area contributed by atoms with Gasteiger partial charge in [-0.25, -0.2) is 9.78 Å². The molecule has 2 aromatic carbocycles. The Balaban J connectivity index is 1.98. The van der Waals surface area contributed by atoms with Crippen LogP contribution in [0.4, 0.5) is 13.2 Å². The number of hydrogen-bond donors (Lipinski definition) is 2. The number of carbonyl (C=O) groups excluding carboxylic acids is 1. The number of halogens is 4. The number of alkyl halides is 3. The van der Waals surface area contributed by atoms with Gasteiger partial charge in [-0.05, 0) is 41.7 Å². The van der Waals surface area contributed by atoms with Crippen molar-refractivity contribution in [1.29, 1.82) is 0 Å². The number of amides is 1. The van der Waals surface area contributed by atoms with Crippen LogP contribution in [0.2, 0.25) is 5.15 Å². The summed E-state index contributed by atoms with van der Waals surface area (Å²) in [6, 6.07) is 7.90. The van der Waals surface area contributed by atoms with Crippen LogP contribution < -0.4 is 10.1 Å². The predicted molar refractivity (Wildman–Crippen MR) is 125 cm³/mol. The third-order valence-corrected chi connectivity index (χ3v) is 6.15. The first-order valence-electron chi connectivity index (χ1n) is 10.7. The fourth-order valence-corrected chi connectivity index (χ4v) is 3.61. The topological polar surface area (TPSA) is 88.5 Å². The number of aliphatic carboxylic acids is 1. The average molecular weight is 509 g/mol. The molecule has 0 saturated heterocycles. The minimum atomic E-state index is -4.46. The zero-order chi connectivity index (χ0) is 26.0. The lowest BCUT2D eigenvalue weighted by Gasteiger charge is -2.31. The highest BCUT2D eigenvalue weighted by atomic mass is 35.5. The van der Waals surface area contributed by atoms with Gasteiger partial charge in [-0.3, -0.25) is 4.79 Å². The molecule has 2 N–H and O–H groups in total. The van der Waals surface area contributed by atoms with E-state index in [9.17, 15) is 27.9 Å². The maximum absolute atomic E-state index is 13.2. The Bertz CT molecular complexity index is 1240. The second-order valence-corrected chi connectivity index (χ2v) is 9.13. The molecule has 186 valence electrons. The van der Waals surface area contributed by atoms with E-state index in [1.165, 1.54) is 30.5 Å². The molecule has 1 heterocycles. The minimum Gasteiger partial charge on any atom is -0.487 e. The lowest BCUT2D eigenvalue weighted by Crippen LogP contribution is -2.50. The van der Waals surface area contributed by atoms with Gasteiger partial charge in [0.25, 0.3) is 5.91 Å². The van der Waals surface area contributed by atoms with E-state index in [1.54, 1.807) is 19.9 Å². The largest absolute Gasteiger partial charge is 0.487 e. The van der Waals surface area contributed by atoms with Gasteiger partial charge in [0.2, 0.25) is 0 Å². The van der Waals surface area contributed by atoms with Crippen LogP contribution in [0.1, 0.15) is 48.7 Å². The number of carboxylic acid groups (broad SMARTS) is 1. The molecule has 0 spiro atoms. The van der Waals surface area contributed by atoms with Crippen LogP contribution in [0.5, 0.6) is 5.75 Å². The summed E-state index contributed by atoms with van der Waals surface area (Å²) >= 11 is 6.05.